The minimum Gasteiger partial charge on any atom is -0.406 e. The first-order chi connectivity index (χ1) is 15.5. The van der Waals surface area contributed by atoms with Crippen LogP contribution in [0.3, 0.4) is 0 Å². The Hall–Kier alpha value is -3.83. The molecule has 2 aromatic heterocycles. The van der Waals surface area contributed by atoms with Crippen LogP contribution in [-0.4, -0.2) is 26.3 Å². The number of hydrogen-bond donors (Lipinski definition) is 0. The van der Waals surface area contributed by atoms with Gasteiger partial charge in [-0.2, -0.15) is 23.3 Å². The Balaban J connectivity index is 1.49. The average molecular weight is 468 g/mol. The highest BCUT2D eigenvalue weighted by Gasteiger charge is 2.31. The highest BCUT2D eigenvalue weighted by Crippen LogP contribution is 2.30. The van der Waals surface area contributed by atoms with Gasteiger partial charge in [-0.1, -0.05) is 17.3 Å². The van der Waals surface area contributed by atoms with Gasteiger partial charge in [-0.3, -0.25) is 4.68 Å². The van der Waals surface area contributed by atoms with Crippen molar-refractivity contribution in [2.24, 2.45) is 0 Å². The van der Waals surface area contributed by atoms with Crippen LogP contribution >= 0.6 is 0 Å². The van der Waals surface area contributed by atoms with E-state index in [1.807, 2.05) is 0 Å². The van der Waals surface area contributed by atoms with Crippen molar-refractivity contribution in [3.8, 4) is 28.7 Å². The van der Waals surface area contributed by atoms with E-state index < -0.39 is 18.1 Å². The summed E-state index contributed by atoms with van der Waals surface area (Å²) in [7, 11) is 0. The third-order valence-corrected chi connectivity index (χ3v) is 4.59. The van der Waals surface area contributed by atoms with Gasteiger partial charge in [0.2, 0.25) is 5.82 Å². The van der Waals surface area contributed by atoms with Crippen LogP contribution in [-0.2, 0) is 12.7 Å². The molecule has 0 aliphatic carbocycles. The van der Waals surface area contributed by atoms with E-state index >= 15 is 0 Å². The molecule has 0 fully saturated rings. The van der Waals surface area contributed by atoms with Gasteiger partial charge in [0.25, 0.3) is 5.89 Å². The fourth-order valence-corrected chi connectivity index (χ4v) is 3.00. The molecule has 0 aliphatic rings. The Morgan fingerprint density at radius 3 is 2.21 bits per heavy atom. The first-order valence-electron chi connectivity index (χ1n) is 9.39. The molecule has 4 aromatic rings. The Morgan fingerprint density at radius 1 is 0.939 bits per heavy atom. The summed E-state index contributed by atoms with van der Waals surface area (Å²) in [6.45, 7) is 1.99. The van der Waals surface area contributed by atoms with E-state index in [4.69, 9.17) is 4.52 Å². The molecule has 4 rings (SSSR count). The minimum absolute atomic E-state index is 0.0786. The number of aryl methyl sites for hydroxylation is 1. The molecule has 0 bridgehead atoms. The van der Waals surface area contributed by atoms with Gasteiger partial charge in [-0.05, 0) is 55.0 Å². The van der Waals surface area contributed by atoms with Gasteiger partial charge in [-0.15, -0.1) is 13.2 Å². The van der Waals surface area contributed by atoms with Crippen LogP contribution in [0.15, 0.2) is 59.1 Å². The summed E-state index contributed by atoms with van der Waals surface area (Å²) in [6, 6.07) is 11.4. The molecule has 2 heterocycles. The van der Waals surface area contributed by atoms with Crippen LogP contribution in [0.2, 0.25) is 0 Å². The number of rotatable bonds is 5. The van der Waals surface area contributed by atoms with Gasteiger partial charge >= 0.3 is 12.5 Å². The Labute approximate surface area is 182 Å². The molecule has 2 aromatic carbocycles. The number of hydrogen-bond acceptors (Lipinski definition) is 5. The number of alkyl halides is 6. The van der Waals surface area contributed by atoms with Crippen LogP contribution in [0.1, 0.15) is 16.8 Å². The standard InChI is InChI=1S/C21H14F6N4O2/c1-12-10-17(29-31(12)11-13-2-6-15(7-3-13)20(22,23)24)19-28-18(30-33-19)14-4-8-16(9-5-14)32-21(25,26)27/h2-10H,11H2,1H3. The van der Waals surface area contributed by atoms with Gasteiger partial charge in [0.05, 0.1) is 12.1 Å². The summed E-state index contributed by atoms with van der Waals surface area (Å²) in [6.07, 6.45) is -9.20. The lowest BCUT2D eigenvalue weighted by atomic mass is 10.1. The van der Waals surface area contributed by atoms with E-state index in [2.05, 4.69) is 20.0 Å². The first kappa shape index (κ1) is 22.4. The summed E-state index contributed by atoms with van der Waals surface area (Å²) in [5, 5.41) is 8.18. The van der Waals surface area contributed by atoms with Gasteiger partial charge < -0.3 is 9.26 Å². The number of ether oxygens (including phenoxy) is 1. The Kier molecular flexibility index (Phi) is 5.60. The van der Waals surface area contributed by atoms with Crippen LogP contribution in [0.25, 0.3) is 23.0 Å². The van der Waals surface area contributed by atoms with Crippen molar-refractivity contribution in [2.45, 2.75) is 26.0 Å². The molecule has 12 heteroatoms. The smallest absolute Gasteiger partial charge is 0.406 e. The first-order valence-corrected chi connectivity index (χ1v) is 9.39. The van der Waals surface area contributed by atoms with Crippen LogP contribution in [0, 0.1) is 6.92 Å². The van der Waals surface area contributed by atoms with E-state index in [-0.39, 0.29) is 24.0 Å². The lowest BCUT2D eigenvalue weighted by Gasteiger charge is -2.08. The lowest BCUT2D eigenvalue weighted by molar-refractivity contribution is -0.274. The topological polar surface area (TPSA) is 66.0 Å². The number of benzene rings is 2. The third-order valence-electron chi connectivity index (χ3n) is 4.59. The average Bonchev–Trinajstić information content (AvgIpc) is 3.35. The summed E-state index contributed by atoms with van der Waals surface area (Å²) in [4.78, 5) is 4.21. The van der Waals surface area contributed by atoms with Gasteiger partial charge in [0, 0.05) is 11.3 Å². The van der Waals surface area contributed by atoms with Gasteiger partial charge in [0.1, 0.15) is 5.75 Å². The molecule has 0 N–H and O–H groups in total. The molecule has 0 unspecified atom stereocenters. The van der Waals surface area contributed by atoms with Gasteiger partial charge in [-0.25, -0.2) is 0 Å². The van der Waals surface area contributed by atoms with Crippen molar-refractivity contribution in [3.63, 3.8) is 0 Å². The SMILES string of the molecule is Cc1cc(-c2nc(-c3ccc(OC(F)(F)F)cc3)no2)nn1Cc1ccc(C(F)(F)F)cc1. The molecule has 0 aliphatic heterocycles. The van der Waals surface area contributed by atoms with E-state index in [9.17, 15) is 26.3 Å². The normalized spacial score (nSPS) is 12.2. The zero-order valence-corrected chi connectivity index (χ0v) is 16.8. The predicted octanol–water partition coefficient (Wildman–Crippen LogP) is 5.87. The van der Waals surface area contributed by atoms with E-state index in [0.717, 1.165) is 24.3 Å². The summed E-state index contributed by atoms with van der Waals surface area (Å²) in [5.74, 6) is -0.166. The van der Waals surface area contributed by atoms with Crippen LogP contribution in [0.4, 0.5) is 26.3 Å². The van der Waals surface area contributed by atoms with Crippen molar-refractivity contribution in [2.75, 3.05) is 0 Å². The van der Waals surface area contributed by atoms with Crippen LogP contribution < -0.4 is 4.74 Å². The molecule has 0 saturated heterocycles. The molecule has 6 nitrogen and oxygen atoms in total. The maximum atomic E-state index is 12.7. The van der Waals surface area contributed by atoms with E-state index in [0.29, 0.717) is 22.5 Å². The number of aromatic nitrogens is 4. The summed E-state index contributed by atoms with van der Waals surface area (Å²) >= 11 is 0. The second-order valence-corrected chi connectivity index (χ2v) is 7.02. The quantitative estimate of drug-likeness (QED) is 0.343. The molecular weight excluding hydrogens is 454 g/mol. The molecule has 33 heavy (non-hydrogen) atoms. The molecule has 0 saturated carbocycles. The van der Waals surface area contributed by atoms with Crippen molar-refractivity contribution in [3.05, 3.63) is 71.4 Å². The zero-order valence-electron chi connectivity index (χ0n) is 16.8. The number of halogens is 6. The molecule has 0 spiro atoms. The summed E-state index contributed by atoms with van der Waals surface area (Å²) in [5.41, 5.74) is 1.34. The number of nitrogens with zero attached hydrogens (tertiary/aromatic N) is 4. The predicted molar refractivity (Wildman–Crippen MR) is 103 cm³/mol. The van der Waals surface area contributed by atoms with E-state index in [1.54, 1.807) is 17.7 Å². The monoisotopic (exact) mass is 468 g/mol. The van der Waals surface area contributed by atoms with Crippen molar-refractivity contribution in [1.82, 2.24) is 19.9 Å². The van der Waals surface area contributed by atoms with Crippen molar-refractivity contribution >= 4 is 0 Å². The van der Waals surface area contributed by atoms with Crippen molar-refractivity contribution in [1.29, 1.82) is 0 Å². The molecule has 0 radical (unpaired) electrons. The maximum absolute atomic E-state index is 12.7. The van der Waals surface area contributed by atoms with Crippen LogP contribution in [0.5, 0.6) is 5.75 Å². The second kappa shape index (κ2) is 8.26. The Morgan fingerprint density at radius 2 is 1.61 bits per heavy atom. The zero-order chi connectivity index (χ0) is 23.8. The van der Waals surface area contributed by atoms with Crippen molar-refractivity contribution < 1.29 is 35.6 Å². The molecule has 0 atom stereocenters. The van der Waals surface area contributed by atoms with Gasteiger partial charge in [0.15, 0.2) is 5.69 Å². The molecule has 0 amide bonds. The lowest BCUT2D eigenvalue weighted by Crippen LogP contribution is -2.16. The summed E-state index contributed by atoms with van der Waals surface area (Å²) < 4.78 is 85.6. The second-order valence-electron chi connectivity index (χ2n) is 7.02. The maximum Gasteiger partial charge on any atom is 0.573 e. The Bertz CT molecular complexity index is 1240. The third kappa shape index (κ3) is 5.33. The minimum atomic E-state index is -4.79. The highest BCUT2D eigenvalue weighted by atomic mass is 19.4. The fourth-order valence-electron chi connectivity index (χ4n) is 3.00. The fraction of sp³-hybridized carbons (Fsp3) is 0.190. The molecule has 172 valence electrons. The highest BCUT2D eigenvalue weighted by molar-refractivity contribution is 5.58. The largest absolute Gasteiger partial charge is 0.573 e. The van der Waals surface area contributed by atoms with E-state index in [1.165, 1.54) is 24.3 Å². The molecular formula is C21H14F6N4O2.